The SMILES string of the molecule is CN1C(=O)CC[C@@]2(C)C1=C(Cl)CC1C2CC[C@]2(C)[C@@H](CC(=O)Nc3cncc(F)c3)CC[C@@H]12. The Morgan fingerprint density at radius 3 is 2.79 bits per heavy atom. The van der Waals surface area contributed by atoms with Gasteiger partial charge < -0.3 is 10.2 Å². The van der Waals surface area contributed by atoms with E-state index in [9.17, 15) is 14.0 Å². The van der Waals surface area contributed by atoms with E-state index in [1.54, 1.807) is 0 Å². The standard InChI is InChI=1S/C26H33ClFN3O2/c1-25-8-6-20-18(12-21(27)24-26(20,2)9-7-23(33)31(24)3)19(25)5-4-15(25)10-22(32)30-17-11-16(28)13-29-14-17/h11,13-15,18-20H,4-10,12H2,1-3H3,(H,30,32)/t15-,18?,19+,20?,25-,26-/m1/s1. The average molecular weight is 474 g/mol. The Hall–Kier alpha value is -1.95. The fourth-order valence-corrected chi connectivity index (χ4v) is 8.56. The van der Waals surface area contributed by atoms with E-state index >= 15 is 0 Å². The summed E-state index contributed by atoms with van der Waals surface area (Å²) in [6.07, 6.45) is 9.70. The van der Waals surface area contributed by atoms with E-state index < -0.39 is 5.82 Å². The number of piperidine rings is 1. The first kappa shape index (κ1) is 22.8. The molecule has 2 unspecified atom stereocenters. The highest BCUT2D eigenvalue weighted by atomic mass is 35.5. The summed E-state index contributed by atoms with van der Waals surface area (Å²) in [4.78, 5) is 30.8. The number of pyridine rings is 1. The van der Waals surface area contributed by atoms with Gasteiger partial charge in [-0.1, -0.05) is 25.4 Å². The van der Waals surface area contributed by atoms with Crippen LogP contribution in [0, 0.1) is 40.3 Å². The van der Waals surface area contributed by atoms with Crippen molar-refractivity contribution in [2.75, 3.05) is 12.4 Å². The van der Waals surface area contributed by atoms with Gasteiger partial charge in [-0.25, -0.2) is 4.39 Å². The van der Waals surface area contributed by atoms with Gasteiger partial charge in [0, 0.05) is 42.1 Å². The summed E-state index contributed by atoms with van der Waals surface area (Å²) in [5.41, 5.74) is 1.51. The Bertz CT molecular complexity index is 1030. The van der Waals surface area contributed by atoms with Crippen LogP contribution in [0.15, 0.2) is 29.2 Å². The van der Waals surface area contributed by atoms with Gasteiger partial charge in [0.25, 0.3) is 0 Å². The summed E-state index contributed by atoms with van der Waals surface area (Å²) in [5.74, 6) is 1.49. The lowest BCUT2D eigenvalue weighted by Crippen LogP contribution is -2.54. The molecular formula is C26H33ClFN3O2. The maximum atomic E-state index is 13.4. The number of aromatic nitrogens is 1. The second kappa shape index (κ2) is 8.07. The molecule has 5 rings (SSSR count). The number of allylic oxidation sites excluding steroid dienone is 2. The molecule has 33 heavy (non-hydrogen) atoms. The van der Waals surface area contributed by atoms with Gasteiger partial charge in [0.05, 0.1) is 18.1 Å². The van der Waals surface area contributed by atoms with E-state index in [2.05, 4.69) is 24.1 Å². The van der Waals surface area contributed by atoms with Gasteiger partial charge in [-0.15, -0.1) is 0 Å². The maximum Gasteiger partial charge on any atom is 0.226 e. The van der Waals surface area contributed by atoms with E-state index in [1.807, 2.05) is 11.9 Å². The first-order valence-electron chi connectivity index (χ1n) is 12.2. The van der Waals surface area contributed by atoms with Gasteiger partial charge in [-0.05, 0) is 67.6 Å². The van der Waals surface area contributed by atoms with Crippen LogP contribution in [0.5, 0.6) is 0 Å². The van der Waals surface area contributed by atoms with Crippen molar-refractivity contribution in [2.45, 2.75) is 65.2 Å². The lowest BCUT2D eigenvalue weighted by molar-refractivity contribution is -0.136. The molecule has 1 N–H and O–H groups in total. The number of carbonyl (C=O) groups excluding carboxylic acids is 2. The summed E-state index contributed by atoms with van der Waals surface area (Å²) in [7, 11) is 1.88. The minimum absolute atomic E-state index is 0.0518. The highest BCUT2D eigenvalue weighted by molar-refractivity contribution is 6.30. The van der Waals surface area contributed by atoms with E-state index in [0.29, 0.717) is 42.2 Å². The summed E-state index contributed by atoms with van der Waals surface area (Å²) in [6.45, 7) is 4.69. The molecule has 2 amide bonds. The van der Waals surface area contributed by atoms with Crippen LogP contribution < -0.4 is 5.32 Å². The van der Waals surface area contributed by atoms with Crippen LogP contribution in [0.2, 0.25) is 0 Å². The van der Waals surface area contributed by atoms with Crippen molar-refractivity contribution in [3.8, 4) is 0 Å². The molecule has 178 valence electrons. The number of anilines is 1. The molecular weight excluding hydrogens is 441 g/mol. The van der Waals surface area contributed by atoms with E-state index in [-0.39, 0.29) is 22.6 Å². The molecule has 0 radical (unpaired) electrons. The Morgan fingerprint density at radius 2 is 2.03 bits per heavy atom. The molecule has 1 aromatic heterocycles. The van der Waals surface area contributed by atoms with E-state index in [1.165, 1.54) is 12.3 Å². The van der Waals surface area contributed by atoms with Gasteiger partial charge in [0.2, 0.25) is 11.8 Å². The molecule has 4 aliphatic rings. The summed E-state index contributed by atoms with van der Waals surface area (Å²) in [6, 6.07) is 1.30. The largest absolute Gasteiger partial charge is 0.325 e. The number of amides is 2. The van der Waals surface area contributed by atoms with Crippen molar-refractivity contribution >= 4 is 29.1 Å². The highest BCUT2D eigenvalue weighted by Crippen LogP contribution is 2.67. The first-order valence-corrected chi connectivity index (χ1v) is 12.6. The molecule has 7 heteroatoms. The fourth-order valence-electron chi connectivity index (χ4n) is 8.04. The summed E-state index contributed by atoms with van der Waals surface area (Å²) >= 11 is 6.90. The maximum absolute atomic E-state index is 13.4. The van der Waals surface area contributed by atoms with Crippen molar-refractivity contribution in [3.63, 3.8) is 0 Å². The molecule has 1 saturated heterocycles. The minimum Gasteiger partial charge on any atom is -0.325 e. The Morgan fingerprint density at radius 1 is 1.24 bits per heavy atom. The lowest BCUT2D eigenvalue weighted by Gasteiger charge is -2.59. The molecule has 3 aliphatic carbocycles. The average Bonchev–Trinajstić information content (AvgIpc) is 3.07. The fraction of sp³-hybridized carbons (Fsp3) is 0.654. The van der Waals surface area contributed by atoms with Crippen LogP contribution in [0.25, 0.3) is 0 Å². The Balaban J connectivity index is 1.35. The van der Waals surface area contributed by atoms with Gasteiger partial charge in [0.15, 0.2) is 0 Å². The number of halogens is 2. The zero-order valence-electron chi connectivity index (χ0n) is 19.7. The smallest absolute Gasteiger partial charge is 0.226 e. The molecule has 2 saturated carbocycles. The van der Waals surface area contributed by atoms with Crippen molar-refractivity contribution < 1.29 is 14.0 Å². The van der Waals surface area contributed by atoms with Crippen molar-refractivity contribution in [3.05, 3.63) is 35.0 Å². The van der Waals surface area contributed by atoms with Crippen molar-refractivity contribution in [1.82, 2.24) is 9.88 Å². The molecule has 2 heterocycles. The van der Waals surface area contributed by atoms with Crippen LogP contribution in [-0.4, -0.2) is 28.7 Å². The van der Waals surface area contributed by atoms with Gasteiger partial charge >= 0.3 is 0 Å². The predicted molar refractivity (Wildman–Crippen MR) is 126 cm³/mol. The quantitative estimate of drug-likeness (QED) is 0.610. The van der Waals surface area contributed by atoms with Crippen LogP contribution in [-0.2, 0) is 9.59 Å². The van der Waals surface area contributed by atoms with Crippen LogP contribution >= 0.6 is 11.6 Å². The van der Waals surface area contributed by atoms with Crippen molar-refractivity contribution in [1.29, 1.82) is 0 Å². The van der Waals surface area contributed by atoms with Gasteiger partial charge in [-0.2, -0.15) is 0 Å². The third-order valence-corrected chi connectivity index (χ3v) is 9.99. The predicted octanol–water partition coefficient (Wildman–Crippen LogP) is 5.72. The molecule has 1 aliphatic heterocycles. The molecule has 0 aromatic carbocycles. The topological polar surface area (TPSA) is 62.3 Å². The highest BCUT2D eigenvalue weighted by Gasteiger charge is 2.60. The Kier molecular flexibility index (Phi) is 5.58. The Labute approximate surface area is 200 Å². The third kappa shape index (κ3) is 3.60. The lowest BCUT2D eigenvalue weighted by atomic mass is 9.49. The monoisotopic (exact) mass is 473 g/mol. The summed E-state index contributed by atoms with van der Waals surface area (Å²) < 4.78 is 13.4. The minimum atomic E-state index is -0.454. The first-order chi connectivity index (χ1) is 15.6. The molecule has 0 bridgehead atoms. The number of rotatable bonds is 3. The zero-order valence-corrected chi connectivity index (χ0v) is 20.4. The molecule has 5 nitrogen and oxygen atoms in total. The number of likely N-dealkylation sites (tertiary alicyclic amines) is 1. The zero-order chi connectivity index (χ0) is 23.5. The number of fused-ring (bicyclic) bond motifs is 5. The third-order valence-electron chi connectivity index (χ3n) is 9.65. The van der Waals surface area contributed by atoms with Gasteiger partial charge in [0.1, 0.15) is 5.82 Å². The second-order valence-corrected chi connectivity index (χ2v) is 11.6. The number of carbonyl (C=O) groups is 2. The number of nitrogens with zero attached hydrogens (tertiary/aromatic N) is 2. The molecule has 6 atom stereocenters. The normalized spacial score (nSPS) is 38.0. The van der Waals surface area contributed by atoms with E-state index in [4.69, 9.17) is 11.6 Å². The number of hydrogen-bond donors (Lipinski definition) is 1. The van der Waals surface area contributed by atoms with Crippen molar-refractivity contribution in [2.24, 2.45) is 34.5 Å². The molecule has 3 fully saturated rings. The number of hydrogen-bond acceptors (Lipinski definition) is 3. The molecule has 0 spiro atoms. The van der Waals surface area contributed by atoms with Crippen LogP contribution in [0.4, 0.5) is 10.1 Å². The summed E-state index contributed by atoms with van der Waals surface area (Å²) in [5, 5.41) is 3.69. The molecule has 1 aromatic rings. The number of nitrogens with one attached hydrogen (secondary N) is 1. The van der Waals surface area contributed by atoms with Crippen LogP contribution in [0.3, 0.4) is 0 Å². The van der Waals surface area contributed by atoms with Gasteiger partial charge in [-0.3, -0.25) is 14.6 Å². The second-order valence-electron chi connectivity index (χ2n) is 11.2. The van der Waals surface area contributed by atoms with Crippen LogP contribution in [0.1, 0.15) is 65.2 Å². The van der Waals surface area contributed by atoms with E-state index in [0.717, 1.165) is 55.5 Å².